The van der Waals surface area contributed by atoms with E-state index in [1.54, 1.807) is 6.07 Å². The number of hydrogen-bond acceptors (Lipinski definition) is 4. The molecule has 0 bridgehead atoms. The van der Waals surface area contributed by atoms with Crippen molar-refractivity contribution in [3.63, 3.8) is 0 Å². The van der Waals surface area contributed by atoms with E-state index in [1.165, 1.54) is 18.2 Å². The van der Waals surface area contributed by atoms with Gasteiger partial charge in [0.25, 0.3) is 5.91 Å². The molecule has 1 unspecified atom stereocenters. The Morgan fingerprint density at radius 2 is 2.12 bits per heavy atom. The molecular weight excluding hydrogens is 318 g/mol. The maximum Gasteiger partial charge on any atom is 0.254 e. The Hall–Kier alpha value is -2.27. The number of benzene rings is 1. The van der Waals surface area contributed by atoms with Crippen LogP contribution in [0.25, 0.3) is 0 Å². The number of carbonyl (C=O) groups excluding carboxylic acids is 1. The molecule has 5 heteroatoms. The number of rotatable bonds is 7. The maximum atomic E-state index is 12.4. The van der Waals surface area contributed by atoms with Crippen molar-refractivity contribution in [1.82, 2.24) is 5.32 Å². The molecule has 25 heavy (non-hydrogen) atoms. The van der Waals surface area contributed by atoms with E-state index in [0.717, 1.165) is 31.8 Å². The van der Waals surface area contributed by atoms with Crippen LogP contribution in [0, 0.1) is 12.8 Å². The summed E-state index contributed by atoms with van der Waals surface area (Å²) in [4.78, 5) is 12.4. The summed E-state index contributed by atoms with van der Waals surface area (Å²) in [7, 11) is 0. The van der Waals surface area contributed by atoms with Crippen LogP contribution >= 0.6 is 0 Å². The van der Waals surface area contributed by atoms with E-state index in [2.05, 4.69) is 5.32 Å². The van der Waals surface area contributed by atoms with Crippen LogP contribution in [0.1, 0.15) is 40.9 Å². The first kappa shape index (κ1) is 17.5. The number of amides is 1. The number of furan rings is 1. The summed E-state index contributed by atoms with van der Waals surface area (Å²) in [6, 6.07) is 9.47. The Kier molecular flexibility index (Phi) is 6.12. The number of hydrogen-bond donors (Lipinski definition) is 1. The molecule has 1 atom stereocenters. The first-order valence-electron chi connectivity index (χ1n) is 8.84. The maximum absolute atomic E-state index is 12.4. The van der Waals surface area contributed by atoms with Crippen molar-refractivity contribution in [3.05, 3.63) is 53.5 Å². The van der Waals surface area contributed by atoms with Crippen LogP contribution in [0.4, 0.5) is 0 Å². The van der Waals surface area contributed by atoms with Crippen molar-refractivity contribution in [3.8, 4) is 5.75 Å². The molecule has 1 amide bonds. The van der Waals surface area contributed by atoms with E-state index in [4.69, 9.17) is 13.9 Å². The normalized spacial score (nSPS) is 17.2. The zero-order valence-electron chi connectivity index (χ0n) is 14.6. The molecule has 1 aliphatic rings. The van der Waals surface area contributed by atoms with Gasteiger partial charge >= 0.3 is 0 Å². The van der Waals surface area contributed by atoms with Crippen molar-refractivity contribution in [2.24, 2.45) is 5.92 Å². The van der Waals surface area contributed by atoms with Crippen LogP contribution in [0.5, 0.6) is 5.75 Å². The standard InChI is InChI=1S/C20H25NO4/c1-15-4-6-17(7-5-15)25-14-19-18(9-12-24-19)20(22)21-10-8-16-3-2-11-23-13-16/h4-7,9,12,16H,2-3,8,10-11,13-14H2,1H3,(H,21,22). The van der Waals surface area contributed by atoms with Crippen molar-refractivity contribution < 1.29 is 18.7 Å². The zero-order valence-corrected chi connectivity index (χ0v) is 14.6. The number of ether oxygens (including phenoxy) is 2. The molecule has 1 N–H and O–H groups in total. The summed E-state index contributed by atoms with van der Waals surface area (Å²) in [5.41, 5.74) is 1.71. The Bertz CT molecular complexity index is 671. The van der Waals surface area contributed by atoms with Gasteiger partial charge in [-0.2, -0.15) is 0 Å². The highest BCUT2D eigenvalue weighted by Crippen LogP contribution is 2.18. The lowest BCUT2D eigenvalue weighted by Crippen LogP contribution is -2.28. The second-order valence-electron chi connectivity index (χ2n) is 6.49. The number of carbonyl (C=O) groups is 1. The Labute approximate surface area is 148 Å². The van der Waals surface area contributed by atoms with Gasteiger partial charge in [-0.25, -0.2) is 0 Å². The van der Waals surface area contributed by atoms with Gasteiger partial charge in [0, 0.05) is 19.8 Å². The summed E-state index contributed by atoms with van der Waals surface area (Å²) in [5.74, 6) is 1.72. The Morgan fingerprint density at radius 1 is 1.28 bits per heavy atom. The molecule has 2 aromatic rings. The average Bonchev–Trinajstić information content (AvgIpc) is 3.11. The minimum absolute atomic E-state index is 0.118. The SMILES string of the molecule is Cc1ccc(OCc2occc2C(=O)NCCC2CCCOC2)cc1. The van der Waals surface area contributed by atoms with Crippen LogP contribution in [-0.4, -0.2) is 25.7 Å². The predicted octanol–water partition coefficient (Wildman–Crippen LogP) is 3.71. The first-order chi connectivity index (χ1) is 12.2. The molecule has 0 radical (unpaired) electrons. The minimum atomic E-state index is -0.118. The average molecular weight is 343 g/mol. The largest absolute Gasteiger partial charge is 0.486 e. The number of nitrogens with one attached hydrogen (secondary N) is 1. The van der Waals surface area contributed by atoms with Gasteiger partial charge in [0.1, 0.15) is 12.4 Å². The molecule has 134 valence electrons. The number of aryl methyl sites for hydroxylation is 1. The van der Waals surface area contributed by atoms with Gasteiger partial charge in [-0.05, 0) is 50.3 Å². The van der Waals surface area contributed by atoms with Gasteiger partial charge in [-0.1, -0.05) is 17.7 Å². The predicted molar refractivity (Wildman–Crippen MR) is 94.7 cm³/mol. The lowest BCUT2D eigenvalue weighted by Gasteiger charge is -2.21. The topological polar surface area (TPSA) is 60.7 Å². The van der Waals surface area contributed by atoms with E-state index in [0.29, 0.717) is 23.8 Å². The van der Waals surface area contributed by atoms with Gasteiger partial charge in [0.15, 0.2) is 5.76 Å². The van der Waals surface area contributed by atoms with Gasteiger partial charge in [-0.15, -0.1) is 0 Å². The molecule has 1 saturated heterocycles. The van der Waals surface area contributed by atoms with Crippen molar-refractivity contribution in [2.75, 3.05) is 19.8 Å². The molecule has 0 aliphatic carbocycles. The van der Waals surface area contributed by atoms with Crippen LogP contribution in [-0.2, 0) is 11.3 Å². The highest BCUT2D eigenvalue weighted by atomic mass is 16.5. The van der Waals surface area contributed by atoms with Crippen LogP contribution in [0.3, 0.4) is 0 Å². The molecule has 5 nitrogen and oxygen atoms in total. The second kappa shape index (κ2) is 8.72. The van der Waals surface area contributed by atoms with Gasteiger partial charge < -0.3 is 19.2 Å². The third-order valence-corrected chi connectivity index (χ3v) is 4.47. The third-order valence-electron chi connectivity index (χ3n) is 4.47. The summed E-state index contributed by atoms with van der Waals surface area (Å²) in [6.45, 7) is 4.57. The molecule has 1 aliphatic heterocycles. The van der Waals surface area contributed by atoms with E-state index < -0.39 is 0 Å². The summed E-state index contributed by atoms with van der Waals surface area (Å²) in [6.07, 6.45) is 4.76. The molecule has 1 fully saturated rings. The Morgan fingerprint density at radius 3 is 2.88 bits per heavy atom. The van der Waals surface area contributed by atoms with Gasteiger partial charge in [0.05, 0.1) is 11.8 Å². The van der Waals surface area contributed by atoms with Crippen molar-refractivity contribution in [2.45, 2.75) is 32.8 Å². The molecular formula is C20H25NO4. The monoisotopic (exact) mass is 343 g/mol. The third kappa shape index (κ3) is 5.10. The lowest BCUT2D eigenvalue weighted by molar-refractivity contribution is 0.0514. The van der Waals surface area contributed by atoms with E-state index in [1.807, 2.05) is 31.2 Å². The highest BCUT2D eigenvalue weighted by molar-refractivity contribution is 5.95. The second-order valence-corrected chi connectivity index (χ2v) is 6.49. The van der Waals surface area contributed by atoms with Crippen molar-refractivity contribution >= 4 is 5.91 Å². The summed E-state index contributed by atoms with van der Waals surface area (Å²) in [5, 5.41) is 2.97. The van der Waals surface area contributed by atoms with Crippen LogP contribution in [0.2, 0.25) is 0 Å². The molecule has 0 saturated carbocycles. The molecule has 3 rings (SSSR count). The fraction of sp³-hybridized carbons (Fsp3) is 0.450. The minimum Gasteiger partial charge on any atom is -0.486 e. The highest BCUT2D eigenvalue weighted by Gasteiger charge is 2.17. The molecule has 1 aromatic heterocycles. The van der Waals surface area contributed by atoms with E-state index in [9.17, 15) is 4.79 Å². The Balaban J connectivity index is 1.48. The first-order valence-corrected chi connectivity index (χ1v) is 8.84. The van der Waals surface area contributed by atoms with Gasteiger partial charge in [-0.3, -0.25) is 4.79 Å². The summed E-state index contributed by atoms with van der Waals surface area (Å²) >= 11 is 0. The smallest absolute Gasteiger partial charge is 0.254 e. The van der Waals surface area contributed by atoms with Gasteiger partial charge in [0.2, 0.25) is 0 Å². The molecule has 1 aromatic carbocycles. The molecule has 2 heterocycles. The zero-order chi connectivity index (χ0) is 17.5. The fourth-order valence-corrected chi connectivity index (χ4v) is 2.96. The summed E-state index contributed by atoms with van der Waals surface area (Å²) < 4.78 is 16.6. The van der Waals surface area contributed by atoms with E-state index in [-0.39, 0.29) is 12.5 Å². The van der Waals surface area contributed by atoms with Crippen molar-refractivity contribution in [1.29, 1.82) is 0 Å². The molecule has 0 spiro atoms. The lowest BCUT2D eigenvalue weighted by atomic mass is 9.99. The quantitative estimate of drug-likeness (QED) is 0.832. The fourth-order valence-electron chi connectivity index (χ4n) is 2.96. The van der Waals surface area contributed by atoms with Crippen LogP contribution in [0.15, 0.2) is 41.0 Å². The van der Waals surface area contributed by atoms with E-state index >= 15 is 0 Å². The van der Waals surface area contributed by atoms with Crippen LogP contribution < -0.4 is 10.1 Å².